The van der Waals surface area contributed by atoms with Gasteiger partial charge in [-0.2, -0.15) is 0 Å². The zero-order valence-corrected chi connectivity index (χ0v) is 51.9. The predicted molar refractivity (Wildman–Crippen MR) is 376 cm³/mol. The lowest BCUT2D eigenvalue weighted by molar-refractivity contribution is 0.590. The van der Waals surface area contributed by atoms with Crippen molar-refractivity contribution in [3.8, 4) is 45.1 Å². The van der Waals surface area contributed by atoms with Crippen LogP contribution in [0.1, 0.15) is 77.6 Å². The summed E-state index contributed by atoms with van der Waals surface area (Å²) in [6.07, 6.45) is 0. The third kappa shape index (κ3) is 8.54. The molecule has 0 bridgehead atoms. The molecule has 7 heteroatoms. The zero-order valence-electron chi connectivity index (χ0n) is 51.9. The Morgan fingerprint density at radius 3 is 1.36 bits per heavy atom. The van der Waals surface area contributed by atoms with Gasteiger partial charge >= 0.3 is 0 Å². The number of fused-ring (bicyclic) bond motifs is 10. The highest BCUT2D eigenvalue weighted by Gasteiger charge is 2.45. The Morgan fingerprint density at radius 2 is 0.800 bits per heavy atom. The van der Waals surface area contributed by atoms with E-state index in [-0.39, 0.29) is 23.0 Å². The van der Waals surface area contributed by atoms with Crippen LogP contribution in [0.4, 0.5) is 51.2 Å². The second kappa shape index (κ2) is 19.8. The predicted octanol–water partition coefficient (Wildman–Crippen LogP) is 21.4. The molecule has 2 aliphatic heterocycles. The Balaban J connectivity index is 0.948. The van der Waals surface area contributed by atoms with E-state index in [4.69, 9.17) is 13.3 Å². The fourth-order valence-corrected chi connectivity index (χ4v) is 14.6. The number of para-hydroxylation sites is 3. The quantitative estimate of drug-likeness (QED) is 0.141. The highest BCUT2D eigenvalue weighted by Crippen LogP contribution is 2.53. The van der Waals surface area contributed by atoms with Gasteiger partial charge in [0.2, 0.25) is 0 Å². The molecule has 434 valence electrons. The van der Waals surface area contributed by atoms with Crippen molar-refractivity contribution >= 4 is 107 Å². The first-order chi connectivity index (χ1) is 43.6. The van der Waals surface area contributed by atoms with Crippen LogP contribution in [0.15, 0.2) is 268 Å². The van der Waals surface area contributed by atoms with E-state index in [1.54, 1.807) is 0 Å². The highest BCUT2D eigenvalue weighted by atomic mass is 16.3. The molecule has 11 aromatic carbocycles. The molecule has 0 amide bonds. The minimum atomic E-state index is -0.240. The van der Waals surface area contributed by atoms with Crippen LogP contribution in [0.25, 0.3) is 78.0 Å². The minimum Gasteiger partial charge on any atom is -0.456 e. The Kier molecular flexibility index (Phi) is 11.8. The van der Waals surface area contributed by atoms with Crippen LogP contribution in [-0.2, 0) is 16.2 Å². The summed E-state index contributed by atoms with van der Waals surface area (Å²) >= 11 is 0. The molecule has 0 unspecified atom stereocenters. The smallest absolute Gasteiger partial charge is 0.252 e. The highest BCUT2D eigenvalue weighted by molar-refractivity contribution is 7.00. The number of benzene rings is 11. The lowest BCUT2D eigenvalue weighted by Gasteiger charge is -2.45. The number of nitrogens with zero attached hydrogens (tertiary/aromatic N) is 3. The second-order valence-electron chi connectivity index (χ2n) is 27.4. The van der Waals surface area contributed by atoms with E-state index in [1.165, 1.54) is 49.8 Å². The summed E-state index contributed by atoms with van der Waals surface area (Å²) < 4.78 is 19.8. The molecule has 3 aromatic heterocycles. The van der Waals surface area contributed by atoms with Crippen LogP contribution in [0, 0.1) is 0 Å². The first kappa shape index (κ1) is 53.7. The van der Waals surface area contributed by atoms with E-state index in [1.807, 2.05) is 30.3 Å². The first-order valence-electron chi connectivity index (χ1n) is 31.5. The van der Waals surface area contributed by atoms with E-state index < -0.39 is 0 Å². The molecule has 0 spiro atoms. The maximum Gasteiger partial charge on any atom is 0.252 e. The summed E-state index contributed by atoms with van der Waals surface area (Å²) in [7, 11) is 0. The molecule has 1 aliphatic carbocycles. The molecule has 0 N–H and O–H groups in total. The Hall–Kier alpha value is -10.5. The molecule has 5 heterocycles. The van der Waals surface area contributed by atoms with Crippen LogP contribution in [0.3, 0.4) is 0 Å². The fraction of sp³-hybridized carbons (Fsp3) is 0.133. The minimum absolute atomic E-state index is 0.0436. The van der Waals surface area contributed by atoms with Crippen molar-refractivity contribution in [1.29, 1.82) is 0 Å². The van der Waals surface area contributed by atoms with Crippen LogP contribution in [0.2, 0.25) is 0 Å². The van der Waals surface area contributed by atoms with Gasteiger partial charge in [0, 0.05) is 83.8 Å². The first-order valence-corrected chi connectivity index (χ1v) is 31.5. The normalized spacial score (nSPS) is 13.8. The van der Waals surface area contributed by atoms with Gasteiger partial charge in [0.05, 0.1) is 5.69 Å². The number of anilines is 9. The monoisotopic (exact) mass is 1160 g/mol. The van der Waals surface area contributed by atoms with Crippen LogP contribution in [0.5, 0.6) is 0 Å². The second-order valence-corrected chi connectivity index (χ2v) is 27.4. The van der Waals surface area contributed by atoms with E-state index in [0.717, 1.165) is 118 Å². The molecule has 0 saturated heterocycles. The van der Waals surface area contributed by atoms with Crippen molar-refractivity contribution in [1.82, 2.24) is 0 Å². The third-order valence-electron chi connectivity index (χ3n) is 19.4. The molecule has 0 fully saturated rings. The van der Waals surface area contributed by atoms with E-state index >= 15 is 0 Å². The number of furan rings is 3. The molecular weight excluding hydrogens is 1100 g/mol. The largest absolute Gasteiger partial charge is 0.456 e. The SMILES string of the molecule is CC(C)(C)c1ccc(N2c3ccc(C(C)(C)C)cc3B3c4cc(-c5cc6ccccc6o5)ccc4N(c4ccc(-c5cc6ccccc6o5)cc4)c4cc(N(c5ccc(-c6cc7ccccc7o6)cc5)c5ccc6c(c5)C(C)(C)c5ccccc5-6)cc2c43)cc1. The van der Waals surface area contributed by atoms with Gasteiger partial charge in [-0.15, -0.1) is 0 Å². The molecule has 17 rings (SSSR count). The van der Waals surface area contributed by atoms with Crippen LogP contribution >= 0.6 is 0 Å². The van der Waals surface area contributed by atoms with E-state index in [0.29, 0.717) is 0 Å². The Labute approximate surface area is 526 Å². The molecule has 3 aliphatic rings. The van der Waals surface area contributed by atoms with Gasteiger partial charge in [0.15, 0.2) is 0 Å². The van der Waals surface area contributed by atoms with E-state index in [9.17, 15) is 0 Å². The molecule has 0 saturated carbocycles. The summed E-state index contributed by atoms with van der Waals surface area (Å²) in [5.74, 6) is 2.50. The molecule has 14 aromatic rings. The van der Waals surface area contributed by atoms with Gasteiger partial charge in [0.1, 0.15) is 34.0 Å². The average Bonchev–Trinajstić information content (AvgIpc) is 0.840. The van der Waals surface area contributed by atoms with Crippen LogP contribution < -0.4 is 31.1 Å². The zero-order chi connectivity index (χ0) is 60.9. The molecular formula is C83H66BN3O3. The van der Waals surface area contributed by atoms with Gasteiger partial charge in [-0.05, 0) is 200 Å². The summed E-state index contributed by atoms with van der Waals surface area (Å²) in [6.45, 7) is 18.4. The van der Waals surface area contributed by atoms with Gasteiger partial charge in [-0.3, -0.25) is 0 Å². The summed E-state index contributed by atoms with van der Waals surface area (Å²) in [5, 5.41) is 3.23. The van der Waals surface area contributed by atoms with Gasteiger partial charge in [0.25, 0.3) is 6.71 Å². The van der Waals surface area contributed by atoms with Crippen molar-refractivity contribution in [2.75, 3.05) is 14.7 Å². The summed E-state index contributed by atoms with van der Waals surface area (Å²) in [6, 6.07) is 93.8. The number of hydrogen-bond acceptors (Lipinski definition) is 6. The number of hydrogen-bond donors (Lipinski definition) is 0. The van der Waals surface area contributed by atoms with Crippen molar-refractivity contribution in [2.45, 2.75) is 71.6 Å². The standard InChI is InChI=1S/C83H66BN3O3/c1-81(2,3)57-30-37-61(38-31-57)87-71-42-32-58(82(4,5)6)47-69(71)84-68-43-56(79-46-55-19-11-16-24-76(55)90-79)29-41-70(68)86(60-35-27-52(28-36-60)78-45-54-18-10-15-23-75(54)89-78)72-49-63(50-73(87)80(72)84)85(59-33-25-51(26-34-59)77-44-53-17-9-14-22-74(53)88-77)62-39-40-65-64-20-12-13-21-66(64)83(7,8)67(65)48-62/h9-50H,1-8H3. The van der Waals surface area contributed by atoms with Gasteiger partial charge in [-0.1, -0.05) is 171 Å². The average molecular weight is 1160 g/mol. The lowest BCUT2D eigenvalue weighted by Crippen LogP contribution is -2.61. The van der Waals surface area contributed by atoms with Gasteiger partial charge in [-0.25, -0.2) is 0 Å². The molecule has 6 nitrogen and oxygen atoms in total. The van der Waals surface area contributed by atoms with Crippen molar-refractivity contribution in [3.05, 3.63) is 277 Å². The molecule has 0 atom stereocenters. The summed E-state index contributed by atoms with van der Waals surface area (Å²) in [4.78, 5) is 7.55. The molecule has 90 heavy (non-hydrogen) atoms. The third-order valence-corrected chi connectivity index (χ3v) is 19.4. The Bertz CT molecular complexity index is 5110. The summed E-state index contributed by atoms with van der Waals surface area (Å²) in [5.41, 5.74) is 26.3. The van der Waals surface area contributed by atoms with Crippen molar-refractivity contribution in [3.63, 3.8) is 0 Å². The topological polar surface area (TPSA) is 49.1 Å². The van der Waals surface area contributed by atoms with Gasteiger partial charge < -0.3 is 28.0 Å². The van der Waals surface area contributed by atoms with Crippen LogP contribution in [-0.4, -0.2) is 6.71 Å². The van der Waals surface area contributed by atoms with Crippen molar-refractivity contribution in [2.24, 2.45) is 0 Å². The maximum absolute atomic E-state index is 6.74. The fourth-order valence-electron chi connectivity index (χ4n) is 14.6. The number of rotatable bonds is 8. The Morgan fingerprint density at radius 1 is 0.356 bits per heavy atom. The maximum atomic E-state index is 6.74. The van der Waals surface area contributed by atoms with Crippen molar-refractivity contribution < 1.29 is 13.3 Å². The van der Waals surface area contributed by atoms with E-state index in [2.05, 4.69) is 295 Å². The lowest BCUT2D eigenvalue weighted by atomic mass is 9.33. The molecule has 0 radical (unpaired) electrons.